The fourth-order valence-corrected chi connectivity index (χ4v) is 3.79. The van der Waals surface area contributed by atoms with Crippen LogP contribution >= 0.6 is 0 Å². The van der Waals surface area contributed by atoms with E-state index in [0.717, 1.165) is 22.6 Å². The molecule has 0 bridgehead atoms. The molecule has 32 heavy (non-hydrogen) atoms. The van der Waals surface area contributed by atoms with E-state index in [1.165, 1.54) is 0 Å². The van der Waals surface area contributed by atoms with Crippen molar-refractivity contribution >= 4 is 10.9 Å². The SMILES string of the molecule is COc1ccc(-c2nc3ccccc3c(=O)n2CCOc2ccccc2C(C)(C)C)cc1. The number of ether oxygens (including phenoxy) is 2. The van der Waals surface area contributed by atoms with Gasteiger partial charge in [-0.15, -0.1) is 0 Å². The van der Waals surface area contributed by atoms with E-state index in [-0.39, 0.29) is 11.0 Å². The van der Waals surface area contributed by atoms with Gasteiger partial charge in [0.1, 0.15) is 23.9 Å². The second-order valence-electron chi connectivity index (χ2n) is 8.73. The lowest BCUT2D eigenvalue weighted by Crippen LogP contribution is -2.26. The van der Waals surface area contributed by atoms with E-state index in [4.69, 9.17) is 14.5 Å². The number of hydrogen-bond acceptors (Lipinski definition) is 4. The van der Waals surface area contributed by atoms with E-state index in [2.05, 4.69) is 26.8 Å². The Morgan fingerprint density at radius 2 is 1.59 bits per heavy atom. The Kier molecular flexibility index (Phi) is 5.99. The highest BCUT2D eigenvalue weighted by molar-refractivity contribution is 5.79. The van der Waals surface area contributed by atoms with E-state index < -0.39 is 0 Å². The Morgan fingerprint density at radius 3 is 2.31 bits per heavy atom. The Hall–Kier alpha value is -3.60. The molecular formula is C27H28N2O3. The lowest BCUT2D eigenvalue weighted by molar-refractivity contribution is 0.289. The van der Waals surface area contributed by atoms with Gasteiger partial charge in [0, 0.05) is 5.56 Å². The third-order valence-electron chi connectivity index (χ3n) is 5.48. The maximum atomic E-state index is 13.4. The molecule has 0 atom stereocenters. The van der Waals surface area contributed by atoms with Gasteiger partial charge in [-0.1, -0.05) is 51.1 Å². The first kappa shape index (κ1) is 21.6. The minimum Gasteiger partial charge on any atom is -0.497 e. The Bertz CT molecular complexity index is 1290. The van der Waals surface area contributed by atoms with Gasteiger partial charge in [-0.2, -0.15) is 0 Å². The fourth-order valence-electron chi connectivity index (χ4n) is 3.79. The molecule has 1 heterocycles. The summed E-state index contributed by atoms with van der Waals surface area (Å²) in [5.41, 5.74) is 2.56. The predicted molar refractivity (Wildman–Crippen MR) is 129 cm³/mol. The van der Waals surface area contributed by atoms with Crippen LogP contribution in [0.4, 0.5) is 0 Å². The van der Waals surface area contributed by atoms with Crippen LogP contribution in [0.5, 0.6) is 11.5 Å². The smallest absolute Gasteiger partial charge is 0.261 e. The minimum absolute atomic E-state index is 0.0355. The highest BCUT2D eigenvalue weighted by atomic mass is 16.5. The Morgan fingerprint density at radius 1 is 0.906 bits per heavy atom. The molecule has 0 unspecified atom stereocenters. The van der Waals surface area contributed by atoms with E-state index in [0.29, 0.717) is 29.9 Å². The Labute approximate surface area is 188 Å². The lowest BCUT2D eigenvalue weighted by atomic mass is 9.86. The van der Waals surface area contributed by atoms with Crippen molar-refractivity contribution in [3.8, 4) is 22.9 Å². The monoisotopic (exact) mass is 428 g/mol. The fraction of sp³-hybridized carbons (Fsp3) is 0.259. The Balaban J connectivity index is 1.70. The van der Waals surface area contributed by atoms with Gasteiger partial charge in [0.05, 0.1) is 24.6 Å². The zero-order valence-electron chi connectivity index (χ0n) is 19.0. The standard InChI is InChI=1S/C27H28N2O3/c1-27(2,3)22-10-6-8-12-24(22)32-18-17-29-25(19-13-15-20(31-4)16-14-19)28-23-11-7-5-9-21(23)26(29)30/h5-16H,17-18H2,1-4H3. The molecule has 0 saturated heterocycles. The maximum Gasteiger partial charge on any atom is 0.261 e. The molecule has 5 heteroatoms. The van der Waals surface area contributed by atoms with E-state index >= 15 is 0 Å². The van der Waals surface area contributed by atoms with Crippen LogP contribution in [0.3, 0.4) is 0 Å². The quantitative estimate of drug-likeness (QED) is 0.410. The van der Waals surface area contributed by atoms with Crippen molar-refractivity contribution in [2.75, 3.05) is 13.7 Å². The molecule has 3 aromatic carbocycles. The molecule has 0 fully saturated rings. The number of aromatic nitrogens is 2. The van der Waals surface area contributed by atoms with Gasteiger partial charge in [0.25, 0.3) is 5.56 Å². The number of fused-ring (bicyclic) bond motifs is 1. The van der Waals surface area contributed by atoms with Gasteiger partial charge in [-0.3, -0.25) is 9.36 Å². The molecule has 1 aromatic heterocycles. The molecule has 0 amide bonds. The summed E-state index contributed by atoms with van der Waals surface area (Å²) in [6.07, 6.45) is 0. The van der Waals surface area contributed by atoms with Gasteiger partial charge in [0.15, 0.2) is 0 Å². The van der Waals surface area contributed by atoms with E-state index in [1.54, 1.807) is 11.7 Å². The van der Waals surface area contributed by atoms with Crippen LogP contribution in [0, 0.1) is 0 Å². The number of rotatable bonds is 6. The van der Waals surface area contributed by atoms with Crippen molar-refractivity contribution in [1.29, 1.82) is 0 Å². The second kappa shape index (κ2) is 8.87. The summed E-state index contributed by atoms with van der Waals surface area (Å²) < 4.78 is 13.1. The summed E-state index contributed by atoms with van der Waals surface area (Å²) in [6, 6.07) is 23.1. The zero-order chi connectivity index (χ0) is 22.7. The van der Waals surface area contributed by atoms with E-state index in [1.807, 2.05) is 66.7 Å². The summed E-state index contributed by atoms with van der Waals surface area (Å²) in [6.45, 7) is 7.23. The molecule has 0 aliphatic rings. The van der Waals surface area contributed by atoms with E-state index in [9.17, 15) is 4.79 Å². The molecule has 5 nitrogen and oxygen atoms in total. The zero-order valence-corrected chi connectivity index (χ0v) is 19.0. The highest BCUT2D eigenvalue weighted by Gasteiger charge is 2.19. The average molecular weight is 429 g/mol. The minimum atomic E-state index is -0.0749. The summed E-state index contributed by atoms with van der Waals surface area (Å²) >= 11 is 0. The largest absolute Gasteiger partial charge is 0.497 e. The van der Waals surface area contributed by atoms with Crippen LogP contribution in [0.2, 0.25) is 0 Å². The van der Waals surface area contributed by atoms with Crippen LogP contribution in [0.1, 0.15) is 26.3 Å². The van der Waals surface area contributed by atoms with Crippen molar-refractivity contribution in [1.82, 2.24) is 9.55 Å². The summed E-state index contributed by atoms with van der Waals surface area (Å²) in [5, 5.41) is 0.597. The van der Waals surface area contributed by atoms with Gasteiger partial charge in [-0.05, 0) is 53.4 Å². The van der Waals surface area contributed by atoms with Gasteiger partial charge in [-0.25, -0.2) is 4.98 Å². The van der Waals surface area contributed by atoms with Crippen molar-refractivity contribution in [3.05, 3.63) is 88.7 Å². The molecule has 4 rings (SSSR count). The van der Waals surface area contributed by atoms with Crippen LogP contribution in [0.25, 0.3) is 22.3 Å². The molecule has 0 saturated carbocycles. The van der Waals surface area contributed by atoms with Crippen molar-refractivity contribution in [2.24, 2.45) is 0 Å². The molecule has 4 aromatic rings. The number of hydrogen-bond donors (Lipinski definition) is 0. The molecule has 0 aliphatic carbocycles. The highest BCUT2D eigenvalue weighted by Crippen LogP contribution is 2.31. The average Bonchev–Trinajstić information content (AvgIpc) is 2.80. The van der Waals surface area contributed by atoms with Crippen LogP contribution < -0.4 is 15.0 Å². The summed E-state index contributed by atoms with van der Waals surface area (Å²) in [5.74, 6) is 2.21. The van der Waals surface area contributed by atoms with Crippen LogP contribution in [-0.4, -0.2) is 23.3 Å². The lowest BCUT2D eigenvalue weighted by Gasteiger charge is -2.23. The molecule has 0 aliphatic heterocycles. The second-order valence-corrected chi connectivity index (χ2v) is 8.73. The van der Waals surface area contributed by atoms with Crippen molar-refractivity contribution in [3.63, 3.8) is 0 Å². The normalized spacial score (nSPS) is 11.5. The molecule has 0 spiro atoms. The van der Waals surface area contributed by atoms with Gasteiger partial charge in [0.2, 0.25) is 0 Å². The van der Waals surface area contributed by atoms with Crippen molar-refractivity contribution in [2.45, 2.75) is 32.7 Å². The topological polar surface area (TPSA) is 53.3 Å². The predicted octanol–water partition coefficient (Wildman–Crippen LogP) is 5.45. The first-order valence-electron chi connectivity index (χ1n) is 10.7. The first-order valence-corrected chi connectivity index (χ1v) is 10.7. The molecule has 164 valence electrons. The van der Waals surface area contributed by atoms with Crippen LogP contribution in [-0.2, 0) is 12.0 Å². The third-order valence-corrected chi connectivity index (χ3v) is 5.48. The number of para-hydroxylation sites is 2. The summed E-state index contributed by atoms with van der Waals surface area (Å²) in [7, 11) is 1.63. The molecule has 0 radical (unpaired) electrons. The molecular weight excluding hydrogens is 400 g/mol. The molecule has 0 N–H and O–H groups in total. The number of methoxy groups -OCH3 is 1. The maximum absolute atomic E-state index is 13.4. The van der Waals surface area contributed by atoms with Crippen LogP contribution in [0.15, 0.2) is 77.6 Å². The first-order chi connectivity index (χ1) is 15.4. The van der Waals surface area contributed by atoms with Gasteiger partial charge >= 0.3 is 0 Å². The number of benzene rings is 3. The van der Waals surface area contributed by atoms with Crippen molar-refractivity contribution < 1.29 is 9.47 Å². The van der Waals surface area contributed by atoms with Gasteiger partial charge < -0.3 is 9.47 Å². The summed E-state index contributed by atoms with van der Waals surface area (Å²) in [4.78, 5) is 18.2. The third kappa shape index (κ3) is 4.37. The number of nitrogens with zero attached hydrogens (tertiary/aromatic N) is 2.